The van der Waals surface area contributed by atoms with Gasteiger partial charge in [0.2, 0.25) is 0 Å². The first-order valence-electron chi connectivity index (χ1n) is 6.70. The van der Waals surface area contributed by atoms with Gasteiger partial charge in [-0.25, -0.2) is 0 Å². The maximum atomic E-state index is 12.7. The molecule has 5 heteroatoms. The number of hydrogen-bond acceptors (Lipinski definition) is 2. The molecule has 0 radical (unpaired) electrons. The summed E-state index contributed by atoms with van der Waals surface area (Å²) in [4.78, 5) is 0.677. The van der Waals surface area contributed by atoms with Crippen LogP contribution in [-0.4, -0.2) is 22.0 Å². The van der Waals surface area contributed by atoms with E-state index in [2.05, 4.69) is 12.2 Å². The molecule has 0 amide bonds. The molecule has 0 saturated heterocycles. The molecule has 1 aromatic rings. The highest BCUT2D eigenvalue weighted by Gasteiger charge is 2.27. The normalized spacial score (nSPS) is 25.2. The zero-order valence-electron chi connectivity index (χ0n) is 11.0. The summed E-state index contributed by atoms with van der Waals surface area (Å²) < 4.78 is 12.7. The Morgan fingerprint density at radius 2 is 2.16 bits per heavy atom. The van der Waals surface area contributed by atoms with Crippen molar-refractivity contribution in [2.75, 3.05) is 6.54 Å². The van der Waals surface area contributed by atoms with Crippen LogP contribution in [0.5, 0.6) is 0 Å². The Labute approximate surface area is 127 Å². The standard InChI is InChI=1S/C14H19Cl2NOS/c1-2-17-11-4-3-5-12(9-11)19(18)14-8-10(15)6-7-13(14)16/h6-8,11-12,17H,2-5,9H2,1H3. The van der Waals surface area contributed by atoms with E-state index in [1.807, 2.05) is 0 Å². The summed E-state index contributed by atoms with van der Waals surface area (Å²) in [6.07, 6.45) is 4.23. The topological polar surface area (TPSA) is 29.1 Å². The molecule has 1 aliphatic carbocycles. The van der Waals surface area contributed by atoms with E-state index in [1.165, 1.54) is 6.42 Å². The number of benzene rings is 1. The van der Waals surface area contributed by atoms with Crippen LogP contribution in [0.4, 0.5) is 0 Å². The smallest absolute Gasteiger partial charge is 0.0591 e. The molecule has 0 bridgehead atoms. The van der Waals surface area contributed by atoms with Crippen LogP contribution in [0, 0.1) is 0 Å². The molecule has 0 heterocycles. The summed E-state index contributed by atoms with van der Waals surface area (Å²) in [5.74, 6) is 0. The van der Waals surface area contributed by atoms with Crippen LogP contribution in [0.3, 0.4) is 0 Å². The lowest BCUT2D eigenvalue weighted by Crippen LogP contribution is -2.37. The van der Waals surface area contributed by atoms with Gasteiger partial charge in [0, 0.05) is 16.3 Å². The maximum absolute atomic E-state index is 12.7. The van der Waals surface area contributed by atoms with Crippen LogP contribution < -0.4 is 5.32 Å². The largest absolute Gasteiger partial charge is 0.314 e. The quantitative estimate of drug-likeness (QED) is 0.908. The van der Waals surface area contributed by atoms with Crippen LogP contribution in [0.2, 0.25) is 10.0 Å². The molecule has 106 valence electrons. The highest BCUT2D eigenvalue weighted by Crippen LogP contribution is 2.31. The van der Waals surface area contributed by atoms with Gasteiger partial charge < -0.3 is 5.32 Å². The molecule has 3 atom stereocenters. The van der Waals surface area contributed by atoms with Gasteiger partial charge >= 0.3 is 0 Å². The van der Waals surface area contributed by atoms with Crippen molar-refractivity contribution in [3.05, 3.63) is 28.2 Å². The Balaban J connectivity index is 2.12. The van der Waals surface area contributed by atoms with Gasteiger partial charge in [-0.3, -0.25) is 4.21 Å². The molecule has 3 unspecified atom stereocenters. The van der Waals surface area contributed by atoms with E-state index in [4.69, 9.17) is 23.2 Å². The van der Waals surface area contributed by atoms with Crippen LogP contribution in [-0.2, 0) is 10.8 Å². The average molecular weight is 320 g/mol. The fraction of sp³-hybridized carbons (Fsp3) is 0.571. The third-order valence-electron chi connectivity index (χ3n) is 3.53. The van der Waals surface area contributed by atoms with Crippen molar-refractivity contribution in [1.82, 2.24) is 5.32 Å². The lowest BCUT2D eigenvalue weighted by atomic mass is 9.95. The second-order valence-corrected chi connectivity index (χ2v) is 7.46. The fourth-order valence-corrected chi connectivity index (χ4v) is 4.86. The summed E-state index contributed by atoms with van der Waals surface area (Å²) in [5, 5.41) is 4.77. The average Bonchev–Trinajstić information content (AvgIpc) is 2.41. The lowest BCUT2D eigenvalue weighted by Gasteiger charge is -2.29. The van der Waals surface area contributed by atoms with E-state index >= 15 is 0 Å². The first kappa shape index (κ1) is 15.3. The summed E-state index contributed by atoms with van der Waals surface area (Å²) in [6, 6.07) is 5.66. The van der Waals surface area contributed by atoms with E-state index in [0.29, 0.717) is 21.0 Å². The zero-order chi connectivity index (χ0) is 13.8. The predicted molar refractivity (Wildman–Crippen MR) is 82.6 cm³/mol. The molecule has 1 aromatic carbocycles. The molecule has 1 fully saturated rings. The molecular weight excluding hydrogens is 301 g/mol. The molecule has 19 heavy (non-hydrogen) atoms. The van der Waals surface area contributed by atoms with Gasteiger partial charge in [-0.05, 0) is 44.0 Å². The van der Waals surface area contributed by atoms with Gasteiger partial charge in [0.25, 0.3) is 0 Å². The van der Waals surface area contributed by atoms with Crippen molar-refractivity contribution in [2.24, 2.45) is 0 Å². The van der Waals surface area contributed by atoms with Gasteiger partial charge in [0.1, 0.15) is 0 Å². The van der Waals surface area contributed by atoms with E-state index in [-0.39, 0.29) is 5.25 Å². The van der Waals surface area contributed by atoms with E-state index in [1.54, 1.807) is 18.2 Å². The summed E-state index contributed by atoms with van der Waals surface area (Å²) in [6.45, 7) is 3.07. The first-order valence-corrected chi connectivity index (χ1v) is 8.67. The highest BCUT2D eigenvalue weighted by molar-refractivity contribution is 7.85. The minimum Gasteiger partial charge on any atom is -0.314 e. The summed E-state index contributed by atoms with van der Waals surface area (Å²) >= 11 is 12.1. The molecule has 2 nitrogen and oxygen atoms in total. The zero-order valence-corrected chi connectivity index (χ0v) is 13.3. The van der Waals surface area contributed by atoms with Crippen molar-refractivity contribution in [3.63, 3.8) is 0 Å². The molecular formula is C14H19Cl2NOS. The Morgan fingerprint density at radius 3 is 2.89 bits per heavy atom. The Kier molecular flexibility index (Phi) is 5.70. The van der Waals surface area contributed by atoms with Gasteiger partial charge in [-0.2, -0.15) is 0 Å². The van der Waals surface area contributed by atoms with Crippen molar-refractivity contribution >= 4 is 34.0 Å². The molecule has 0 aromatic heterocycles. The lowest BCUT2D eigenvalue weighted by molar-refractivity contribution is 0.383. The van der Waals surface area contributed by atoms with Crippen molar-refractivity contribution in [1.29, 1.82) is 0 Å². The molecule has 1 N–H and O–H groups in total. The van der Waals surface area contributed by atoms with Crippen LogP contribution in [0.1, 0.15) is 32.6 Å². The minimum atomic E-state index is -1.07. The summed E-state index contributed by atoms with van der Waals surface area (Å²) in [7, 11) is -1.07. The Bertz CT molecular complexity index is 465. The Morgan fingerprint density at radius 1 is 1.37 bits per heavy atom. The number of halogens is 2. The third kappa shape index (κ3) is 3.94. The molecule has 0 spiro atoms. The number of rotatable bonds is 4. The van der Waals surface area contributed by atoms with Gasteiger partial charge in [0.05, 0.1) is 20.7 Å². The van der Waals surface area contributed by atoms with Gasteiger partial charge in [-0.1, -0.05) is 36.5 Å². The van der Waals surface area contributed by atoms with Crippen molar-refractivity contribution in [3.8, 4) is 0 Å². The van der Waals surface area contributed by atoms with Gasteiger partial charge in [0.15, 0.2) is 0 Å². The van der Waals surface area contributed by atoms with E-state index in [0.717, 1.165) is 25.8 Å². The highest BCUT2D eigenvalue weighted by atomic mass is 35.5. The monoisotopic (exact) mass is 319 g/mol. The van der Waals surface area contributed by atoms with Crippen LogP contribution >= 0.6 is 23.2 Å². The molecule has 0 aliphatic heterocycles. The maximum Gasteiger partial charge on any atom is 0.0591 e. The molecule has 2 rings (SSSR count). The molecule has 1 saturated carbocycles. The van der Waals surface area contributed by atoms with Gasteiger partial charge in [-0.15, -0.1) is 0 Å². The first-order chi connectivity index (χ1) is 9.11. The minimum absolute atomic E-state index is 0.175. The second kappa shape index (κ2) is 7.07. The van der Waals surface area contributed by atoms with E-state index in [9.17, 15) is 4.21 Å². The number of nitrogens with one attached hydrogen (secondary N) is 1. The second-order valence-electron chi connectivity index (χ2n) is 4.92. The number of hydrogen-bond donors (Lipinski definition) is 1. The van der Waals surface area contributed by atoms with Crippen molar-refractivity contribution < 1.29 is 4.21 Å². The summed E-state index contributed by atoms with van der Waals surface area (Å²) in [5.41, 5.74) is 0. The van der Waals surface area contributed by atoms with E-state index < -0.39 is 10.8 Å². The fourth-order valence-electron chi connectivity index (χ4n) is 2.62. The van der Waals surface area contributed by atoms with Crippen LogP contribution in [0.15, 0.2) is 23.1 Å². The molecule has 1 aliphatic rings. The predicted octanol–water partition coefficient (Wildman–Crippen LogP) is 4.02. The SMILES string of the molecule is CCNC1CCCC(S(=O)c2cc(Cl)ccc2Cl)C1. The van der Waals surface area contributed by atoms with Crippen LogP contribution in [0.25, 0.3) is 0 Å². The third-order valence-corrected chi connectivity index (χ3v) is 6.01. The Hall–Kier alpha value is -0.0900. The van der Waals surface area contributed by atoms with Crippen molar-refractivity contribution in [2.45, 2.75) is 48.8 Å².